The molecule has 148 valence electrons. The molecule has 0 saturated heterocycles. The second-order valence-corrected chi connectivity index (χ2v) is 6.45. The zero-order valence-electron chi connectivity index (χ0n) is 16.0. The molecular formula is C22H19BrN2O4. The Morgan fingerprint density at radius 1 is 1.24 bits per heavy atom. The van der Waals surface area contributed by atoms with Crippen molar-refractivity contribution < 1.29 is 19.0 Å². The summed E-state index contributed by atoms with van der Waals surface area (Å²) in [6.07, 6.45) is 6.67. The van der Waals surface area contributed by atoms with E-state index < -0.39 is 5.91 Å². The Labute approximate surface area is 178 Å². The summed E-state index contributed by atoms with van der Waals surface area (Å²) in [4.78, 5) is 12.5. The van der Waals surface area contributed by atoms with E-state index in [1.165, 1.54) is 13.2 Å². The SMILES string of the molecule is C#CCOc1cc(Br)c(/C=C(/C#N)C(=O)Nc2ccc(OCC)cc2)cc1OC. The molecule has 0 aromatic heterocycles. The van der Waals surface area contributed by atoms with Gasteiger partial charge in [-0.05, 0) is 55.0 Å². The smallest absolute Gasteiger partial charge is 0.266 e. The van der Waals surface area contributed by atoms with Crippen LogP contribution in [0.2, 0.25) is 0 Å². The number of nitrogens with zero attached hydrogens (tertiary/aromatic N) is 1. The number of carbonyl (C=O) groups excluding carboxylic acids is 1. The first-order valence-electron chi connectivity index (χ1n) is 8.62. The molecule has 0 bridgehead atoms. The molecule has 2 aromatic carbocycles. The lowest BCUT2D eigenvalue weighted by molar-refractivity contribution is -0.112. The number of rotatable bonds is 8. The Hall–Kier alpha value is -3.42. The Bertz CT molecular complexity index is 986. The summed E-state index contributed by atoms with van der Waals surface area (Å²) in [7, 11) is 1.49. The molecule has 1 N–H and O–H groups in total. The molecule has 0 aliphatic heterocycles. The number of terminal acetylenes is 1. The quantitative estimate of drug-likeness (QED) is 0.362. The number of halogens is 1. The van der Waals surface area contributed by atoms with Crippen LogP contribution in [0.15, 0.2) is 46.4 Å². The first-order chi connectivity index (χ1) is 14.0. The van der Waals surface area contributed by atoms with Gasteiger partial charge in [-0.15, -0.1) is 6.42 Å². The van der Waals surface area contributed by atoms with E-state index in [9.17, 15) is 10.1 Å². The number of carbonyl (C=O) groups is 1. The van der Waals surface area contributed by atoms with Gasteiger partial charge in [-0.25, -0.2) is 0 Å². The van der Waals surface area contributed by atoms with Crippen molar-refractivity contribution in [1.82, 2.24) is 0 Å². The topological polar surface area (TPSA) is 80.6 Å². The second kappa shape index (κ2) is 10.8. The van der Waals surface area contributed by atoms with Gasteiger partial charge in [0.05, 0.1) is 13.7 Å². The Balaban J connectivity index is 2.25. The molecule has 0 heterocycles. The van der Waals surface area contributed by atoms with Crippen molar-refractivity contribution in [2.24, 2.45) is 0 Å². The Kier molecular flexibility index (Phi) is 8.14. The number of methoxy groups -OCH3 is 1. The average Bonchev–Trinajstić information content (AvgIpc) is 2.72. The molecule has 0 aliphatic carbocycles. The third kappa shape index (κ3) is 6.03. The number of hydrogen-bond acceptors (Lipinski definition) is 5. The largest absolute Gasteiger partial charge is 0.494 e. The van der Waals surface area contributed by atoms with Gasteiger partial charge < -0.3 is 19.5 Å². The summed E-state index contributed by atoms with van der Waals surface area (Å²) in [6.45, 7) is 2.53. The number of nitrogens with one attached hydrogen (secondary N) is 1. The van der Waals surface area contributed by atoms with Crippen molar-refractivity contribution in [1.29, 1.82) is 5.26 Å². The highest BCUT2D eigenvalue weighted by Gasteiger charge is 2.14. The van der Waals surface area contributed by atoms with Gasteiger partial charge in [-0.2, -0.15) is 5.26 Å². The summed E-state index contributed by atoms with van der Waals surface area (Å²) >= 11 is 3.41. The number of anilines is 1. The van der Waals surface area contributed by atoms with E-state index in [0.717, 1.165) is 0 Å². The summed E-state index contributed by atoms with van der Waals surface area (Å²) < 4.78 is 16.7. The summed E-state index contributed by atoms with van der Waals surface area (Å²) in [5.74, 6) is 3.43. The first kappa shape index (κ1) is 21.9. The molecule has 1 amide bonds. The van der Waals surface area contributed by atoms with Crippen molar-refractivity contribution in [2.45, 2.75) is 6.92 Å². The van der Waals surface area contributed by atoms with Crippen molar-refractivity contribution in [3.8, 4) is 35.7 Å². The lowest BCUT2D eigenvalue weighted by Gasteiger charge is -2.11. The zero-order chi connectivity index (χ0) is 21.2. The van der Waals surface area contributed by atoms with Gasteiger partial charge in [-0.3, -0.25) is 4.79 Å². The normalized spacial score (nSPS) is 10.4. The van der Waals surface area contributed by atoms with Crippen molar-refractivity contribution in [3.63, 3.8) is 0 Å². The van der Waals surface area contributed by atoms with Crippen LogP contribution in [0.5, 0.6) is 17.2 Å². The highest BCUT2D eigenvalue weighted by atomic mass is 79.9. The van der Waals surface area contributed by atoms with Gasteiger partial charge in [0.2, 0.25) is 0 Å². The van der Waals surface area contributed by atoms with Crippen LogP contribution < -0.4 is 19.5 Å². The molecule has 2 rings (SSSR count). The van der Waals surface area contributed by atoms with Crippen LogP contribution in [0, 0.1) is 23.7 Å². The number of benzene rings is 2. The van der Waals surface area contributed by atoms with Crippen molar-refractivity contribution in [2.75, 3.05) is 25.6 Å². The summed E-state index contributed by atoms with van der Waals surface area (Å²) in [5, 5.41) is 12.1. The molecule has 0 spiro atoms. The molecule has 2 aromatic rings. The maximum Gasteiger partial charge on any atom is 0.266 e. The highest BCUT2D eigenvalue weighted by molar-refractivity contribution is 9.10. The molecule has 0 saturated carbocycles. The minimum absolute atomic E-state index is 0.0704. The molecule has 0 radical (unpaired) electrons. The monoisotopic (exact) mass is 454 g/mol. The predicted molar refractivity (Wildman–Crippen MR) is 115 cm³/mol. The molecule has 0 fully saturated rings. The van der Waals surface area contributed by atoms with Gasteiger partial charge in [0, 0.05) is 10.2 Å². The Morgan fingerprint density at radius 2 is 1.97 bits per heavy atom. The van der Waals surface area contributed by atoms with Crippen LogP contribution in [0.1, 0.15) is 12.5 Å². The Morgan fingerprint density at radius 3 is 2.55 bits per heavy atom. The van der Waals surface area contributed by atoms with Crippen LogP contribution >= 0.6 is 15.9 Å². The van der Waals surface area contributed by atoms with Gasteiger partial charge in [-0.1, -0.05) is 21.9 Å². The van der Waals surface area contributed by atoms with Crippen molar-refractivity contribution in [3.05, 3.63) is 52.0 Å². The minimum atomic E-state index is -0.532. The van der Waals surface area contributed by atoms with E-state index in [4.69, 9.17) is 20.6 Å². The highest BCUT2D eigenvalue weighted by Crippen LogP contribution is 2.34. The van der Waals surface area contributed by atoms with Crippen LogP contribution in [-0.4, -0.2) is 26.2 Å². The fourth-order valence-electron chi connectivity index (χ4n) is 2.36. The molecule has 0 unspecified atom stereocenters. The summed E-state index contributed by atoms with van der Waals surface area (Å²) in [5.41, 5.74) is 1.06. The molecular weight excluding hydrogens is 436 g/mol. The second-order valence-electron chi connectivity index (χ2n) is 5.60. The average molecular weight is 455 g/mol. The summed E-state index contributed by atoms with van der Waals surface area (Å²) in [6, 6.07) is 12.1. The van der Waals surface area contributed by atoms with Crippen LogP contribution in [-0.2, 0) is 4.79 Å². The van der Waals surface area contributed by atoms with Crippen LogP contribution in [0.4, 0.5) is 5.69 Å². The van der Waals surface area contributed by atoms with Crippen molar-refractivity contribution >= 4 is 33.6 Å². The maximum atomic E-state index is 12.5. The van der Waals surface area contributed by atoms with E-state index in [-0.39, 0.29) is 12.2 Å². The van der Waals surface area contributed by atoms with Gasteiger partial charge >= 0.3 is 0 Å². The van der Waals surface area contributed by atoms with E-state index in [1.807, 2.05) is 13.0 Å². The van der Waals surface area contributed by atoms with Gasteiger partial charge in [0.25, 0.3) is 5.91 Å². The maximum absolute atomic E-state index is 12.5. The first-order valence-corrected chi connectivity index (χ1v) is 9.41. The van der Waals surface area contributed by atoms with E-state index in [2.05, 4.69) is 27.2 Å². The molecule has 7 heteroatoms. The minimum Gasteiger partial charge on any atom is -0.494 e. The van der Waals surface area contributed by atoms with E-state index >= 15 is 0 Å². The number of nitriles is 1. The number of ether oxygens (including phenoxy) is 3. The molecule has 0 atom stereocenters. The third-order valence-corrected chi connectivity index (χ3v) is 4.37. The van der Waals surface area contributed by atoms with Crippen LogP contribution in [0.25, 0.3) is 6.08 Å². The predicted octanol–water partition coefficient (Wildman–Crippen LogP) is 4.41. The fraction of sp³-hybridized carbons (Fsp3) is 0.182. The number of amides is 1. The third-order valence-electron chi connectivity index (χ3n) is 3.68. The van der Waals surface area contributed by atoms with Gasteiger partial charge in [0.15, 0.2) is 11.5 Å². The van der Waals surface area contributed by atoms with Gasteiger partial charge in [0.1, 0.15) is 24.0 Å². The molecule has 6 nitrogen and oxygen atoms in total. The fourth-order valence-corrected chi connectivity index (χ4v) is 2.79. The lowest BCUT2D eigenvalue weighted by Crippen LogP contribution is -2.13. The number of hydrogen-bond donors (Lipinski definition) is 1. The molecule has 29 heavy (non-hydrogen) atoms. The molecule has 0 aliphatic rings. The zero-order valence-corrected chi connectivity index (χ0v) is 17.6. The lowest BCUT2D eigenvalue weighted by atomic mass is 10.1. The van der Waals surface area contributed by atoms with E-state index in [1.54, 1.807) is 36.4 Å². The van der Waals surface area contributed by atoms with E-state index in [0.29, 0.717) is 39.6 Å². The van der Waals surface area contributed by atoms with Crippen LogP contribution in [0.3, 0.4) is 0 Å². The standard InChI is InChI=1S/C22H19BrN2O4/c1-4-10-29-21-13-19(23)15(12-20(21)27-3)11-16(14-24)22(26)25-17-6-8-18(9-7-17)28-5-2/h1,6-9,11-13H,5,10H2,2-3H3,(H,25,26)/b16-11-.